The Morgan fingerprint density at radius 3 is 2.56 bits per heavy atom. The third kappa shape index (κ3) is 4.22. The molecule has 0 aromatic heterocycles. The molecule has 1 saturated heterocycles. The summed E-state index contributed by atoms with van der Waals surface area (Å²) >= 11 is 0. The van der Waals surface area contributed by atoms with Gasteiger partial charge in [-0.25, -0.2) is 0 Å². The highest BCUT2D eigenvalue weighted by atomic mass is 16.5. The van der Waals surface area contributed by atoms with Crippen molar-refractivity contribution in [3.8, 4) is 0 Å². The molecule has 18 heavy (non-hydrogen) atoms. The molecule has 0 saturated carbocycles. The zero-order valence-corrected chi connectivity index (χ0v) is 13.0. The molecule has 0 aromatic rings. The Kier molecular flexibility index (Phi) is 6.09. The Labute approximate surface area is 113 Å². The predicted octanol–water partition coefficient (Wildman–Crippen LogP) is 2.51. The molecule has 1 aliphatic rings. The topological polar surface area (TPSA) is 24.5 Å². The van der Waals surface area contributed by atoms with Crippen molar-refractivity contribution < 1.29 is 4.74 Å². The van der Waals surface area contributed by atoms with Crippen molar-refractivity contribution >= 4 is 0 Å². The first-order valence-corrected chi connectivity index (χ1v) is 7.45. The lowest BCUT2D eigenvalue weighted by atomic mass is 9.84. The maximum Gasteiger partial charge on any atom is 0.0547 e. The van der Waals surface area contributed by atoms with Crippen molar-refractivity contribution in [3.05, 3.63) is 0 Å². The molecule has 1 unspecified atom stereocenters. The second kappa shape index (κ2) is 6.88. The van der Waals surface area contributed by atoms with Gasteiger partial charge in [-0.1, -0.05) is 13.8 Å². The molecular formula is C15H32N2O. The van der Waals surface area contributed by atoms with Crippen molar-refractivity contribution in [1.82, 2.24) is 10.2 Å². The lowest BCUT2D eigenvalue weighted by Crippen LogP contribution is -2.50. The van der Waals surface area contributed by atoms with Gasteiger partial charge in [0.05, 0.1) is 6.61 Å². The highest BCUT2D eigenvalue weighted by Crippen LogP contribution is 2.31. The number of nitrogens with zero attached hydrogens (tertiary/aromatic N) is 1. The first-order valence-electron chi connectivity index (χ1n) is 7.45. The van der Waals surface area contributed by atoms with E-state index >= 15 is 0 Å². The van der Waals surface area contributed by atoms with E-state index < -0.39 is 0 Å². The van der Waals surface area contributed by atoms with Crippen molar-refractivity contribution in [2.45, 2.75) is 52.5 Å². The summed E-state index contributed by atoms with van der Waals surface area (Å²) in [5.41, 5.74) is 0.594. The van der Waals surface area contributed by atoms with E-state index in [1.165, 1.54) is 19.3 Å². The fourth-order valence-electron chi connectivity index (χ4n) is 2.49. The summed E-state index contributed by atoms with van der Waals surface area (Å²) < 4.78 is 5.67. The lowest BCUT2D eigenvalue weighted by Gasteiger charge is -2.41. The van der Waals surface area contributed by atoms with Crippen LogP contribution in [0, 0.1) is 5.41 Å². The average molecular weight is 256 g/mol. The van der Waals surface area contributed by atoms with Crippen molar-refractivity contribution in [2.75, 3.05) is 39.9 Å². The van der Waals surface area contributed by atoms with E-state index in [1.807, 2.05) is 0 Å². The summed E-state index contributed by atoms with van der Waals surface area (Å²) in [6, 6.07) is 0. The number of hydrogen-bond donors (Lipinski definition) is 1. The SMILES string of the molecule is CCCNCC1(CN(C)C(C)(C)CC)CCOC1. The standard InChI is InChI=1S/C15H32N2O/c1-6-9-16-11-15(8-10-18-13-15)12-17(5)14(3,4)7-2/h16H,6-13H2,1-5H3. The first kappa shape index (κ1) is 15.9. The molecule has 1 aliphatic heterocycles. The van der Waals surface area contributed by atoms with Crippen LogP contribution in [0.4, 0.5) is 0 Å². The van der Waals surface area contributed by atoms with Gasteiger partial charge in [-0.15, -0.1) is 0 Å². The van der Waals surface area contributed by atoms with E-state index in [9.17, 15) is 0 Å². The van der Waals surface area contributed by atoms with Gasteiger partial charge in [0, 0.05) is 30.7 Å². The molecule has 1 rings (SSSR count). The zero-order valence-electron chi connectivity index (χ0n) is 13.0. The van der Waals surface area contributed by atoms with Gasteiger partial charge in [-0.3, -0.25) is 0 Å². The number of nitrogens with one attached hydrogen (secondary N) is 1. The number of rotatable bonds is 8. The highest BCUT2D eigenvalue weighted by molar-refractivity contribution is 4.91. The minimum absolute atomic E-state index is 0.278. The van der Waals surface area contributed by atoms with E-state index in [0.717, 1.165) is 32.8 Å². The molecule has 1 heterocycles. The fraction of sp³-hybridized carbons (Fsp3) is 1.00. The van der Waals surface area contributed by atoms with E-state index in [2.05, 4.69) is 45.0 Å². The van der Waals surface area contributed by atoms with Crippen LogP contribution in [0.5, 0.6) is 0 Å². The van der Waals surface area contributed by atoms with Crippen LogP contribution in [0.1, 0.15) is 47.0 Å². The Morgan fingerprint density at radius 1 is 1.33 bits per heavy atom. The fourth-order valence-corrected chi connectivity index (χ4v) is 2.49. The maximum atomic E-state index is 5.67. The highest BCUT2D eigenvalue weighted by Gasteiger charge is 2.38. The third-order valence-electron chi connectivity index (χ3n) is 4.58. The van der Waals surface area contributed by atoms with Crippen LogP contribution >= 0.6 is 0 Å². The van der Waals surface area contributed by atoms with Gasteiger partial charge < -0.3 is 15.0 Å². The normalized spacial score (nSPS) is 25.0. The largest absolute Gasteiger partial charge is 0.381 e. The van der Waals surface area contributed by atoms with Crippen LogP contribution in [0.25, 0.3) is 0 Å². The number of hydrogen-bond acceptors (Lipinski definition) is 3. The average Bonchev–Trinajstić information content (AvgIpc) is 2.78. The van der Waals surface area contributed by atoms with E-state index in [4.69, 9.17) is 4.74 Å². The summed E-state index contributed by atoms with van der Waals surface area (Å²) in [5.74, 6) is 0. The van der Waals surface area contributed by atoms with Gasteiger partial charge in [0.25, 0.3) is 0 Å². The molecule has 0 aliphatic carbocycles. The molecule has 3 nitrogen and oxygen atoms in total. The maximum absolute atomic E-state index is 5.67. The molecule has 3 heteroatoms. The molecule has 0 spiro atoms. The van der Waals surface area contributed by atoms with Crippen molar-refractivity contribution in [3.63, 3.8) is 0 Å². The number of ether oxygens (including phenoxy) is 1. The van der Waals surface area contributed by atoms with Gasteiger partial charge in [-0.05, 0) is 46.7 Å². The second-order valence-corrected chi connectivity index (χ2v) is 6.50. The summed E-state index contributed by atoms with van der Waals surface area (Å²) in [6.07, 6.45) is 3.57. The van der Waals surface area contributed by atoms with E-state index in [0.29, 0.717) is 5.41 Å². The summed E-state index contributed by atoms with van der Waals surface area (Å²) in [6.45, 7) is 14.3. The van der Waals surface area contributed by atoms with Crippen molar-refractivity contribution in [1.29, 1.82) is 0 Å². The lowest BCUT2D eigenvalue weighted by molar-refractivity contribution is 0.0673. The molecule has 0 aromatic carbocycles. The molecular weight excluding hydrogens is 224 g/mol. The van der Waals surface area contributed by atoms with Gasteiger partial charge in [0.2, 0.25) is 0 Å². The molecule has 1 fully saturated rings. The first-order chi connectivity index (χ1) is 8.46. The Balaban J connectivity index is 2.56. The van der Waals surface area contributed by atoms with Crippen LogP contribution in [0.15, 0.2) is 0 Å². The van der Waals surface area contributed by atoms with E-state index in [1.54, 1.807) is 0 Å². The monoisotopic (exact) mass is 256 g/mol. The van der Waals surface area contributed by atoms with Crippen LogP contribution < -0.4 is 5.32 Å². The van der Waals surface area contributed by atoms with Crippen molar-refractivity contribution in [2.24, 2.45) is 5.41 Å². The summed E-state index contributed by atoms with van der Waals surface area (Å²) in [5, 5.41) is 3.59. The Morgan fingerprint density at radius 2 is 2.06 bits per heavy atom. The molecule has 0 bridgehead atoms. The molecule has 108 valence electrons. The van der Waals surface area contributed by atoms with Crippen LogP contribution in [0.3, 0.4) is 0 Å². The minimum atomic E-state index is 0.278. The smallest absolute Gasteiger partial charge is 0.0547 e. The Hall–Kier alpha value is -0.120. The molecule has 1 N–H and O–H groups in total. The predicted molar refractivity (Wildman–Crippen MR) is 78.0 cm³/mol. The molecule has 0 amide bonds. The zero-order chi connectivity index (χ0) is 13.6. The minimum Gasteiger partial charge on any atom is -0.381 e. The second-order valence-electron chi connectivity index (χ2n) is 6.50. The van der Waals surface area contributed by atoms with Gasteiger partial charge >= 0.3 is 0 Å². The van der Waals surface area contributed by atoms with E-state index in [-0.39, 0.29) is 5.54 Å². The third-order valence-corrected chi connectivity index (χ3v) is 4.58. The molecule has 1 atom stereocenters. The van der Waals surface area contributed by atoms with Gasteiger partial charge in [0.1, 0.15) is 0 Å². The summed E-state index contributed by atoms with van der Waals surface area (Å²) in [7, 11) is 2.25. The van der Waals surface area contributed by atoms with Crippen LogP contribution in [0.2, 0.25) is 0 Å². The van der Waals surface area contributed by atoms with Gasteiger partial charge in [-0.2, -0.15) is 0 Å². The van der Waals surface area contributed by atoms with Crippen LogP contribution in [-0.2, 0) is 4.74 Å². The quantitative estimate of drug-likeness (QED) is 0.675. The molecule has 0 radical (unpaired) electrons. The Bertz CT molecular complexity index is 235. The van der Waals surface area contributed by atoms with Gasteiger partial charge in [0.15, 0.2) is 0 Å². The van der Waals surface area contributed by atoms with Crippen LogP contribution in [-0.4, -0.2) is 50.3 Å². The summed E-state index contributed by atoms with van der Waals surface area (Å²) in [4.78, 5) is 2.51.